The lowest BCUT2D eigenvalue weighted by atomic mass is 10.2. The fourth-order valence-electron chi connectivity index (χ4n) is 2.47. The fraction of sp³-hybridized carbons (Fsp3) is 0.188. The highest BCUT2D eigenvalue weighted by atomic mass is 35.5. The molecule has 0 unspecified atom stereocenters. The first kappa shape index (κ1) is 16.4. The maximum absolute atomic E-state index is 6.05. The van der Waals surface area contributed by atoms with Gasteiger partial charge in [0.2, 0.25) is 5.16 Å². The Hall–Kier alpha value is -2.03. The number of fused-ring (bicyclic) bond motifs is 1. The van der Waals surface area contributed by atoms with Gasteiger partial charge in [0.25, 0.3) is 0 Å². The molecule has 0 saturated carbocycles. The average Bonchev–Trinajstić information content (AvgIpc) is 3.26. The number of aromatic nitrogens is 3. The summed E-state index contributed by atoms with van der Waals surface area (Å²) in [6, 6.07) is 9.49. The normalized spacial score (nSPS) is 13.3. The molecular formula is C16H13ClN4O2S2. The van der Waals surface area contributed by atoms with Crippen LogP contribution in [0.3, 0.4) is 0 Å². The number of methoxy groups -OCH3 is 2. The van der Waals surface area contributed by atoms with Crippen LogP contribution >= 0.6 is 34.7 Å². The molecule has 0 amide bonds. The lowest BCUT2D eigenvalue weighted by Gasteiger charge is -2.13. The van der Waals surface area contributed by atoms with Gasteiger partial charge < -0.3 is 9.47 Å². The molecule has 4 rings (SSSR count). The topological polar surface area (TPSA) is 61.5 Å². The van der Waals surface area contributed by atoms with Crippen molar-refractivity contribution in [1.29, 1.82) is 0 Å². The van der Waals surface area contributed by atoms with Gasteiger partial charge in [-0.05, 0) is 30.3 Å². The van der Waals surface area contributed by atoms with E-state index >= 15 is 0 Å². The standard InChI is InChI=1S/C16H13ClN4O2S2/c1-22-11-4-3-9(7-12(11)23-2)15-18-19-16-21(15)20-10(8-24-16)13-5-6-14(17)25-13/h3-7H,8H2,1-2H3. The molecule has 1 aliphatic rings. The van der Waals surface area contributed by atoms with Crippen molar-refractivity contribution in [1.82, 2.24) is 14.9 Å². The summed E-state index contributed by atoms with van der Waals surface area (Å²) >= 11 is 9.16. The molecule has 0 saturated heterocycles. The minimum absolute atomic E-state index is 0.634. The van der Waals surface area contributed by atoms with Crippen LogP contribution < -0.4 is 9.47 Å². The Morgan fingerprint density at radius 2 is 1.92 bits per heavy atom. The first-order valence-electron chi connectivity index (χ1n) is 7.34. The average molecular weight is 393 g/mol. The minimum atomic E-state index is 0.634. The van der Waals surface area contributed by atoms with Crippen LogP contribution in [0.1, 0.15) is 4.88 Å². The van der Waals surface area contributed by atoms with E-state index in [9.17, 15) is 0 Å². The highest BCUT2D eigenvalue weighted by molar-refractivity contribution is 7.99. The molecule has 0 radical (unpaired) electrons. The van der Waals surface area contributed by atoms with Crippen LogP contribution in [0, 0.1) is 0 Å². The summed E-state index contributed by atoms with van der Waals surface area (Å²) < 4.78 is 13.2. The van der Waals surface area contributed by atoms with Gasteiger partial charge in [0.15, 0.2) is 17.3 Å². The summed E-state index contributed by atoms with van der Waals surface area (Å²) in [6.45, 7) is 0. The Bertz CT molecular complexity index is 967. The van der Waals surface area contributed by atoms with Gasteiger partial charge in [-0.25, -0.2) is 0 Å². The summed E-state index contributed by atoms with van der Waals surface area (Å²) in [5.74, 6) is 2.69. The molecule has 0 bridgehead atoms. The van der Waals surface area contributed by atoms with Gasteiger partial charge in [0, 0.05) is 11.3 Å². The zero-order chi connectivity index (χ0) is 17.4. The molecule has 25 heavy (non-hydrogen) atoms. The fourth-order valence-corrected chi connectivity index (χ4v) is 4.42. The maximum atomic E-state index is 6.05. The van der Waals surface area contributed by atoms with Crippen LogP contribution in [0.5, 0.6) is 11.5 Å². The van der Waals surface area contributed by atoms with Crippen molar-refractivity contribution in [2.45, 2.75) is 5.16 Å². The molecule has 3 heterocycles. The number of hydrogen-bond donors (Lipinski definition) is 0. The highest BCUT2D eigenvalue weighted by Gasteiger charge is 2.22. The summed E-state index contributed by atoms with van der Waals surface area (Å²) in [5, 5.41) is 14.0. The third-order valence-corrected chi connectivity index (χ3v) is 5.88. The molecule has 0 atom stereocenters. The van der Waals surface area contributed by atoms with E-state index < -0.39 is 0 Å². The van der Waals surface area contributed by atoms with Gasteiger partial charge in [0.05, 0.1) is 29.1 Å². The molecule has 0 N–H and O–H groups in total. The van der Waals surface area contributed by atoms with E-state index in [1.165, 1.54) is 11.3 Å². The van der Waals surface area contributed by atoms with E-state index in [0.717, 1.165) is 31.4 Å². The van der Waals surface area contributed by atoms with Crippen molar-refractivity contribution in [2.24, 2.45) is 5.10 Å². The van der Waals surface area contributed by atoms with Crippen LogP contribution in [-0.4, -0.2) is 40.6 Å². The summed E-state index contributed by atoms with van der Waals surface area (Å²) in [7, 11) is 3.21. The zero-order valence-electron chi connectivity index (χ0n) is 13.4. The van der Waals surface area contributed by atoms with Gasteiger partial charge in [-0.3, -0.25) is 0 Å². The first-order valence-corrected chi connectivity index (χ1v) is 9.52. The quantitative estimate of drug-likeness (QED) is 0.670. The van der Waals surface area contributed by atoms with Gasteiger partial charge in [-0.15, -0.1) is 21.5 Å². The van der Waals surface area contributed by atoms with Crippen molar-refractivity contribution >= 4 is 40.4 Å². The second kappa shape index (κ2) is 6.70. The van der Waals surface area contributed by atoms with Crippen LogP contribution in [0.25, 0.3) is 11.4 Å². The Kier molecular flexibility index (Phi) is 4.41. The predicted octanol–water partition coefficient (Wildman–Crippen LogP) is 4.04. The highest BCUT2D eigenvalue weighted by Crippen LogP contribution is 2.34. The lowest BCUT2D eigenvalue weighted by Crippen LogP contribution is -2.12. The number of ether oxygens (including phenoxy) is 2. The van der Waals surface area contributed by atoms with E-state index in [-0.39, 0.29) is 0 Å². The van der Waals surface area contributed by atoms with E-state index in [0.29, 0.717) is 17.3 Å². The Balaban J connectivity index is 1.78. The Morgan fingerprint density at radius 1 is 1.08 bits per heavy atom. The van der Waals surface area contributed by atoms with Crippen molar-refractivity contribution in [3.63, 3.8) is 0 Å². The van der Waals surface area contributed by atoms with Crippen LogP contribution in [0.15, 0.2) is 40.6 Å². The van der Waals surface area contributed by atoms with Gasteiger partial charge >= 0.3 is 0 Å². The SMILES string of the molecule is COc1ccc(-c2nnc3n2N=C(c2ccc(Cl)s2)CS3)cc1OC. The molecule has 128 valence electrons. The van der Waals surface area contributed by atoms with Crippen LogP contribution in [0.2, 0.25) is 4.34 Å². The van der Waals surface area contributed by atoms with E-state index in [1.54, 1.807) is 30.7 Å². The molecular weight excluding hydrogens is 380 g/mol. The number of nitrogens with zero attached hydrogens (tertiary/aromatic N) is 4. The molecule has 6 nitrogen and oxygen atoms in total. The number of hydrogen-bond acceptors (Lipinski definition) is 7. The summed E-state index contributed by atoms with van der Waals surface area (Å²) in [4.78, 5) is 1.05. The smallest absolute Gasteiger partial charge is 0.212 e. The van der Waals surface area contributed by atoms with Gasteiger partial charge in [0.1, 0.15) is 0 Å². The molecule has 1 aromatic carbocycles. The maximum Gasteiger partial charge on any atom is 0.212 e. The Morgan fingerprint density at radius 3 is 2.64 bits per heavy atom. The van der Waals surface area contributed by atoms with Crippen molar-refractivity contribution in [3.8, 4) is 22.9 Å². The van der Waals surface area contributed by atoms with E-state index in [1.807, 2.05) is 30.3 Å². The molecule has 3 aromatic rings. The zero-order valence-corrected chi connectivity index (χ0v) is 15.8. The summed E-state index contributed by atoms with van der Waals surface area (Å²) in [5.41, 5.74) is 1.81. The first-order chi connectivity index (χ1) is 12.2. The third-order valence-electron chi connectivity index (χ3n) is 3.67. The van der Waals surface area contributed by atoms with Crippen molar-refractivity contribution < 1.29 is 9.47 Å². The van der Waals surface area contributed by atoms with Crippen molar-refractivity contribution in [3.05, 3.63) is 39.5 Å². The second-order valence-electron chi connectivity index (χ2n) is 5.13. The molecule has 0 fully saturated rings. The molecule has 2 aromatic heterocycles. The minimum Gasteiger partial charge on any atom is -0.493 e. The molecule has 0 aliphatic carbocycles. The van der Waals surface area contributed by atoms with Gasteiger partial charge in [-0.1, -0.05) is 23.4 Å². The largest absolute Gasteiger partial charge is 0.493 e. The van der Waals surface area contributed by atoms with E-state index in [4.69, 9.17) is 26.2 Å². The molecule has 9 heteroatoms. The number of rotatable bonds is 4. The van der Waals surface area contributed by atoms with Crippen LogP contribution in [0.4, 0.5) is 0 Å². The number of halogens is 1. The number of thioether (sulfide) groups is 1. The monoisotopic (exact) mass is 392 g/mol. The predicted molar refractivity (Wildman–Crippen MR) is 101 cm³/mol. The van der Waals surface area contributed by atoms with E-state index in [2.05, 4.69) is 10.2 Å². The molecule has 1 aliphatic heterocycles. The van der Waals surface area contributed by atoms with Crippen molar-refractivity contribution in [2.75, 3.05) is 20.0 Å². The summed E-state index contributed by atoms with van der Waals surface area (Å²) in [6.07, 6.45) is 0. The second-order valence-corrected chi connectivity index (χ2v) is 7.78. The number of thiophene rings is 1. The third kappa shape index (κ3) is 3.01. The Labute approximate surface area is 157 Å². The number of benzene rings is 1. The van der Waals surface area contributed by atoms with Gasteiger partial charge in [-0.2, -0.15) is 9.78 Å². The van der Waals surface area contributed by atoms with Crippen LogP contribution in [-0.2, 0) is 0 Å². The molecule has 0 spiro atoms. The lowest BCUT2D eigenvalue weighted by molar-refractivity contribution is 0.355.